The number of esters is 2. The minimum Gasteiger partial charge on any atom is -0.459 e. The summed E-state index contributed by atoms with van der Waals surface area (Å²) in [6, 6.07) is 0. The van der Waals surface area contributed by atoms with E-state index < -0.39 is 47.7 Å². The minimum atomic E-state index is -0.878. The van der Waals surface area contributed by atoms with Crippen LogP contribution in [0.25, 0.3) is 0 Å². The van der Waals surface area contributed by atoms with Crippen molar-refractivity contribution in [2.75, 3.05) is 0 Å². The second kappa shape index (κ2) is 10.9. The number of hydrogen-bond donors (Lipinski definition) is 3. The molecule has 3 fully saturated rings. The van der Waals surface area contributed by atoms with E-state index >= 15 is 0 Å². The topological polar surface area (TPSA) is 113 Å². The molecule has 0 radical (unpaired) electrons. The fraction of sp³-hybridized carbons (Fsp3) is 0.871. The Balaban J connectivity index is 1.66. The number of carbonyl (C=O) groups is 2. The minimum absolute atomic E-state index is 0.137. The number of fused-ring (bicyclic) bond motifs is 5. The average Bonchev–Trinajstić information content (AvgIpc) is 3.14. The van der Waals surface area contributed by atoms with Gasteiger partial charge in [-0.05, 0) is 79.4 Å². The van der Waals surface area contributed by atoms with Crippen molar-refractivity contribution in [1.82, 2.24) is 0 Å². The highest BCUT2D eigenvalue weighted by Crippen LogP contribution is 2.67. The normalized spacial score (nSPS) is 43.8. The first-order chi connectivity index (χ1) is 17.7. The molecular formula is C31H50O7. The maximum atomic E-state index is 12.1. The molecule has 7 nitrogen and oxygen atoms in total. The first-order valence-corrected chi connectivity index (χ1v) is 14.8. The zero-order valence-corrected chi connectivity index (χ0v) is 24.4. The number of rotatable bonds is 7. The molecule has 0 heterocycles. The zero-order chi connectivity index (χ0) is 28.2. The summed E-state index contributed by atoms with van der Waals surface area (Å²) in [5, 5.41) is 34.5. The summed E-state index contributed by atoms with van der Waals surface area (Å²) in [5.74, 6) is -0.343. The maximum absolute atomic E-state index is 12.1. The van der Waals surface area contributed by atoms with Gasteiger partial charge in [0.1, 0.15) is 12.2 Å². The van der Waals surface area contributed by atoms with Gasteiger partial charge in [0.15, 0.2) is 0 Å². The van der Waals surface area contributed by atoms with E-state index in [4.69, 9.17) is 9.47 Å². The smallest absolute Gasteiger partial charge is 0.303 e. The van der Waals surface area contributed by atoms with Crippen LogP contribution in [0.2, 0.25) is 0 Å². The number of hydrogen-bond acceptors (Lipinski definition) is 7. The van der Waals surface area contributed by atoms with Crippen molar-refractivity contribution in [3.8, 4) is 0 Å². The molecule has 3 saturated carbocycles. The molecule has 0 aromatic heterocycles. The molecule has 38 heavy (non-hydrogen) atoms. The Morgan fingerprint density at radius 1 is 1.00 bits per heavy atom. The van der Waals surface area contributed by atoms with E-state index in [1.54, 1.807) is 0 Å². The molecule has 4 aliphatic carbocycles. The molecule has 0 aromatic rings. The molecule has 7 heteroatoms. The van der Waals surface area contributed by atoms with Crippen LogP contribution < -0.4 is 0 Å². The van der Waals surface area contributed by atoms with Gasteiger partial charge in [-0.2, -0.15) is 0 Å². The summed E-state index contributed by atoms with van der Waals surface area (Å²) < 4.78 is 11.3. The Morgan fingerprint density at radius 3 is 2.26 bits per heavy atom. The van der Waals surface area contributed by atoms with Gasteiger partial charge in [0.2, 0.25) is 0 Å². The molecule has 4 rings (SSSR count). The summed E-state index contributed by atoms with van der Waals surface area (Å²) in [6.45, 7) is 13.6. The van der Waals surface area contributed by atoms with Crippen molar-refractivity contribution >= 4 is 11.9 Å². The fourth-order valence-electron chi connectivity index (χ4n) is 9.37. The Morgan fingerprint density at radius 2 is 1.66 bits per heavy atom. The van der Waals surface area contributed by atoms with Gasteiger partial charge in [-0.3, -0.25) is 9.59 Å². The second-order valence-corrected chi connectivity index (χ2v) is 13.8. The molecule has 3 N–H and O–H groups in total. The van der Waals surface area contributed by atoms with Gasteiger partial charge < -0.3 is 24.8 Å². The van der Waals surface area contributed by atoms with Crippen molar-refractivity contribution < 1.29 is 34.4 Å². The molecule has 4 aliphatic rings. The largest absolute Gasteiger partial charge is 0.459 e. The first kappa shape index (κ1) is 29.5. The van der Waals surface area contributed by atoms with Crippen LogP contribution >= 0.6 is 0 Å². The molecule has 12 atom stereocenters. The predicted octanol–water partition coefficient (Wildman–Crippen LogP) is 4.41. The lowest BCUT2D eigenvalue weighted by molar-refractivity contribution is -0.206. The van der Waals surface area contributed by atoms with Crippen LogP contribution in [0.15, 0.2) is 11.6 Å². The summed E-state index contributed by atoms with van der Waals surface area (Å²) >= 11 is 0. The van der Waals surface area contributed by atoms with Crippen LogP contribution in [0.1, 0.15) is 93.4 Å². The third kappa shape index (κ3) is 5.08. The molecule has 0 bridgehead atoms. The molecule has 0 unspecified atom stereocenters. The Kier molecular flexibility index (Phi) is 8.44. The number of aliphatic hydroxyl groups excluding tert-OH is 3. The number of carbonyl (C=O) groups excluding carboxylic acids is 2. The van der Waals surface area contributed by atoms with Gasteiger partial charge in [-0.15, -0.1) is 0 Å². The SMILES string of the molecule is CC(=O)O[C@@H]1[C@@H]2[C@@H](O)C=C3[C@H]([C@H](O)C[C@]4(C)[C@@H]([C@H](C)[C@H](O)CCC(C)C)CC[C@@H]34)[C@@]2(C)CC[C@@H]1OC(C)=O. The highest BCUT2D eigenvalue weighted by molar-refractivity contribution is 5.67. The molecule has 216 valence electrons. The second-order valence-electron chi connectivity index (χ2n) is 13.8. The van der Waals surface area contributed by atoms with Gasteiger partial charge in [-0.25, -0.2) is 0 Å². The number of aliphatic hydroxyl groups is 3. The summed E-state index contributed by atoms with van der Waals surface area (Å²) in [4.78, 5) is 23.9. The molecule has 0 amide bonds. The zero-order valence-electron chi connectivity index (χ0n) is 24.4. The van der Waals surface area contributed by atoms with Crippen LogP contribution in [0, 0.1) is 46.3 Å². The highest BCUT2D eigenvalue weighted by Gasteiger charge is 2.65. The van der Waals surface area contributed by atoms with Gasteiger partial charge in [0.05, 0.1) is 18.3 Å². The van der Waals surface area contributed by atoms with E-state index in [9.17, 15) is 24.9 Å². The first-order valence-electron chi connectivity index (χ1n) is 14.8. The van der Waals surface area contributed by atoms with Crippen LogP contribution in [-0.2, 0) is 19.1 Å². The van der Waals surface area contributed by atoms with Gasteiger partial charge in [0.25, 0.3) is 0 Å². The van der Waals surface area contributed by atoms with Crippen molar-refractivity contribution in [3.05, 3.63) is 11.6 Å². The maximum Gasteiger partial charge on any atom is 0.303 e. The fourth-order valence-corrected chi connectivity index (χ4v) is 9.37. The van der Waals surface area contributed by atoms with E-state index in [-0.39, 0.29) is 29.3 Å². The lowest BCUT2D eigenvalue weighted by atomic mass is 9.45. The average molecular weight is 535 g/mol. The Bertz CT molecular complexity index is 929. The quantitative estimate of drug-likeness (QED) is 0.327. The lowest BCUT2D eigenvalue weighted by Gasteiger charge is -2.61. The predicted molar refractivity (Wildman–Crippen MR) is 144 cm³/mol. The van der Waals surface area contributed by atoms with E-state index in [1.807, 2.05) is 6.08 Å². The third-order valence-electron chi connectivity index (χ3n) is 11.0. The summed E-state index contributed by atoms with van der Waals surface area (Å²) in [6.07, 6.45) is 4.29. The van der Waals surface area contributed by atoms with Crippen LogP contribution in [-0.4, -0.2) is 57.8 Å². The van der Waals surface area contributed by atoms with Gasteiger partial charge in [0, 0.05) is 25.7 Å². The van der Waals surface area contributed by atoms with Crippen molar-refractivity contribution in [2.24, 2.45) is 46.3 Å². The molecular weight excluding hydrogens is 484 g/mol. The molecule has 0 spiro atoms. The van der Waals surface area contributed by atoms with E-state index in [0.29, 0.717) is 31.1 Å². The number of ether oxygens (including phenoxy) is 2. The lowest BCUT2D eigenvalue weighted by Crippen LogP contribution is -2.63. The summed E-state index contributed by atoms with van der Waals surface area (Å²) in [7, 11) is 0. The summed E-state index contributed by atoms with van der Waals surface area (Å²) in [5.41, 5.74) is 0.464. The molecule has 0 aliphatic heterocycles. The van der Waals surface area contributed by atoms with Crippen molar-refractivity contribution in [1.29, 1.82) is 0 Å². The molecule has 0 saturated heterocycles. The van der Waals surface area contributed by atoms with Crippen LogP contribution in [0.3, 0.4) is 0 Å². The Hall–Kier alpha value is -1.44. The van der Waals surface area contributed by atoms with Crippen LogP contribution in [0.4, 0.5) is 0 Å². The monoisotopic (exact) mass is 534 g/mol. The van der Waals surface area contributed by atoms with E-state index in [0.717, 1.165) is 31.3 Å². The van der Waals surface area contributed by atoms with Crippen LogP contribution in [0.5, 0.6) is 0 Å². The standard InChI is InChI=1S/C31H50O7/c1-16(2)8-11-23(34)17(3)21-9-10-22-20-14-24(35)28-29(38-19(5)33)26(37-18(4)32)12-13-30(28,6)27(20)25(36)15-31(21,22)7/h14,16-17,21-29,34-36H,8-13,15H2,1-7H3/t17-,21+,22-,23+,24-,25+,26-,27+,28-,29-,30+,31+/m0/s1. The van der Waals surface area contributed by atoms with E-state index in [2.05, 4.69) is 34.6 Å². The van der Waals surface area contributed by atoms with Crippen molar-refractivity contribution in [2.45, 2.75) is 124 Å². The van der Waals surface area contributed by atoms with Crippen molar-refractivity contribution in [3.63, 3.8) is 0 Å². The molecule has 0 aromatic carbocycles. The van der Waals surface area contributed by atoms with Gasteiger partial charge >= 0.3 is 11.9 Å². The Labute approximate surface area is 228 Å². The third-order valence-corrected chi connectivity index (χ3v) is 11.0. The van der Waals surface area contributed by atoms with E-state index in [1.165, 1.54) is 13.8 Å². The van der Waals surface area contributed by atoms with Gasteiger partial charge in [-0.1, -0.05) is 46.3 Å². The highest BCUT2D eigenvalue weighted by atomic mass is 16.6.